The Morgan fingerprint density at radius 2 is 1.90 bits per heavy atom. The summed E-state index contributed by atoms with van der Waals surface area (Å²) in [7, 11) is 0. The highest BCUT2D eigenvalue weighted by Crippen LogP contribution is 2.29. The summed E-state index contributed by atoms with van der Waals surface area (Å²) in [6.07, 6.45) is 11.5. The van der Waals surface area contributed by atoms with Crippen LogP contribution in [0.1, 0.15) is 49.7 Å². The summed E-state index contributed by atoms with van der Waals surface area (Å²) >= 11 is 12.4. The molecule has 1 atom stereocenters. The Hall–Kier alpha value is -3.69. The fraction of sp³-hybridized carbons (Fsp3) is 0.333. The van der Waals surface area contributed by atoms with E-state index in [4.69, 9.17) is 23.2 Å². The monoisotopic (exact) mass is 595 g/mol. The molecule has 11 heteroatoms. The Balaban J connectivity index is 1.37. The molecule has 2 aromatic carbocycles. The number of nitrogens with zero attached hydrogens (tertiary/aromatic N) is 4. The van der Waals surface area contributed by atoms with Gasteiger partial charge in [0.05, 0.1) is 0 Å². The molecule has 3 N–H and O–H groups in total. The number of anilines is 2. The highest BCUT2D eigenvalue weighted by Gasteiger charge is 2.25. The second kappa shape index (κ2) is 13.8. The number of hydrogen-bond acceptors (Lipinski definition) is 6. The quantitative estimate of drug-likeness (QED) is 0.177. The summed E-state index contributed by atoms with van der Waals surface area (Å²) in [6, 6.07) is 12.8. The van der Waals surface area contributed by atoms with E-state index in [0.717, 1.165) is 24.0 Å². The van der Waals surface area contributed by atoms with Gasteiger partial charge in [0.15, 0.2) is 0 Å². The predicted molar refractivity (Wildman–Crippen MR) is 160 cm³/mol. The standard InChI is InChI=1S/C30H32Cl2FN7O/c31-23-10-9-22(25(32)15-23)18-35-29(41)26(14-20-5-2-1-3-6-20)37-27-16-28(40-12-11-34-19-40)39-30(38-27)36-17-21-7-4-8-24(33)13-21/h4,7-13,15-16,19-20,26H,1-3,5-6,14,17-18H2,(H,35,41)(H2,36,37,38,39)/t26-/m1/s1. The largest absolute Gasteiger partial charge is 0.358 e. The van der Waals surface area contributed by atoms with Gasteiger partial charge in [0.25, 0.3) is 0 Å². The Morgan fingerprint density at radius 1 is 1.05 bits per heavy atom. The Labute approximate surface area is 248 Å². The van der Waals surface area contributed by atoms with E-state index < -0.39 is 6.04 Å². The summed E-state index contributed by atoms with van der Waals surface area (Å²) < 4.78 is 15.5. The first-order chi connectivity index (χ1) is 19.9. The summed E-state index contributed by atoms with van der Waals surface area (Å²) in [4.78, 5) is 27.0. The van der Waals surface area contributed by atoms with Gasteiger partial charge in [-0.15, -0.1) is 0 Å². The minimum Gasteiger partial charge on any atom is -0.358 e. The maximum Gasteiger partial charge on any atom is 0.242 e. The minimum absolute atomic E-state index is 0.140. The van der Waals surface area contributed by atoms with Crippen LogP contribution in [0.25, 0.3) is 5.82 Å². The third-order valence-corrected chi connectivity index (χ3v) is 7.81. The van der Waals surface area contributed by atoms with Crippen molar-refractivity contribution in [3.8, 4) is 5.82 Å². The number of aromatic nitrogens is 4. The van der Waals surface area contributed by atoms with Gasteiger partial charge in [0.2, 0.25) is 11.9 Å². The van der Waals surface area contributed by atoms with Crippen molar-refractivity contribution in [2.24, 2.45) is 5.92 Å². The number of carbonyl (C=O) groups excluding carboxylic acids is 1. The van der Waals surface area contributed by atoms with Crippen molar-refractivity contribution >= 4 is 40.9 Å². The Bertz CT molecular complexity index is 1460. The Kier molecular flexibility index (Phi) is 9.69. The number of hydrogen-bond donors (Lipinski definition) is 3. The number of imidazole rings is 1. The van der Waals surface area contributed by atoms with E-state index in [9.17, 15) is 9.18 Å². The molecule has 0 bridgehead atoms. The molecule has 41 heavy (non-hydrogen) atoms. The third-order valence-electron chi connectivity index (χ3n) is 7.22. The number of amides is 1. The number of benzene rings is 2. The normalized spacial score (nSPS) is 14.4. The molecular formula is C30H32Cl2FN7O. The van der Waals surface area contributed by atoms with E-state index in [2.05, 4.69) is 30.9 Å². The molecule has 0 radical (unpaired) electrons. The van der Waals surface area contributed by atoms with Gasteiger partial charge < -0.3 is 16.0 Å². The molecular weight excluding hydrogens is 564 g/mol. The Morgan fingerprint density at radius 3 is 2.66 bits per heavy atom. The van der Waals surface area contributed by atoms with Gasteiger partial charge in [-0.1, -0.05) is 73.5 Å². The highest BCUT2D eigenvalue weighted by atomic mass is 35.5. The van der Waals surface area contributed by atoms with E-state index in [-0.39, 0.29) is 18.3 Å². The molecule has 1 aliphatic rings. The second-order valence-corrected chi connectivity index (χ2v) is 11.1. The fourth-order valence-electron chi connectivity index (χ4n) is 5.08. The molecule has 4 aromatic rings. The highest BCUT2D eigenvalue weighted by molar-refractivity contribution is 6.35. The van der Waals surface area contributed by atoms with Crippen LogP contribution < -0.4 is 16.0 Å². The first-order valence-electron chi connectivity index (χ1n) is 13.8. The van der Waals surface area contributed by atoms with E-state index in [1.165, 1.54) is 31.4 Å². The van der Waals surface area contributed by atoms with Crippen molar-refractivity contribution in [1.82, 2.24) is 24.8 Å². The molecule has 2 aromatic heterocycles. The van der Waals surface area contributed by atoms with Gasteiger partial charge >= 0.3 is 0 Å². The lowest BCUT2D eigenvalue weighted by Crippen LogP contribution is -2.41. The summed E-state index contributed by atoms with van der Waals surface area (Å²) in [5.74, 6) is 1.40. The van der Waals surface area contributed by atoms with Crippen molar-refractivity contribution < 1.29 is 9.18 Å². The van der Waals surface area contributed by atoms with Crippen LogP contribution >= 0.6 is 23.2 Å². The zero-order chi connectivity index (χ0) is 28.6. The van der Waals surface area contributed by atoms with Crippen LogP contribution in [0.15, 0.2) is 67.3 Å². The van der Waals surface area contributed by atoms with E-state index in [0.29, 0.717) is 46.5 Å². The molecule has 0 unspecified atom stereocenters. The van der Waals surface area contributed by atoms with Crippen LogP contribution in [0.2, 0.25) is 10.0 Å². The zero-order valence-electron chi connectivity index (χ0n) is 22.5. The first kappa shape index (κ1) is 28.8. The topological polar surface area (TPSA) is 96.8 Å². The first-order valence-corrected chi connectivity index (χ1v) is 14.5. The molecule has 0 spiro atoms. The zero-order valence-corrected chi connectivity index (χ0v) is 24.0. The lowest BCUT2D eigenvalue weighted by Gasteiger charge is -2.27. The molecule has 1 saturated carbocycles. The summed E-state index contributed by atoms with van der Waals surface area (Å²) in [6.45, 7) is 0.612. The molecule has 0 aliphatic heterocycles. The summed E-state index contributed by atoms with van der Waals surface area (Å²) in [5, 5.41) is 10.7. The van der Waals surface area contributed by atoms with Crippen molar-refractivity contribution in [2.75, 3.05) is 10.6 Å². The van der Waals surface area contributed by atoms with Crippen LogP contribution in [0.3, 0.4) is 0 Å². The van der Waals surface area contributed by atoms with Crippen LogP contribution in [-0.4, -0.2) is 31.5 Å². The minimum atomic E-state index is -0.522. The smallest absolute Gasteiger partial charge is 0.242 e. The SMILES string of the molecule is O=C(NCc1ccc(Cl)cc1Cl)[C@@H](CC1CCCCC1)Nc1cc(-n2ccnc2)nc(NCc2cccc(F)c2)n1. The van der Waals surface area contributed by atoms with E-state index in [1.807, 2.05) is 12.1 Å². The fourth-order valence-corrected chi connectivity index (χ4v) is 5.55. The average molecular weight is 597 g/mol. The van der Waals surface area contributed by atoms with Crippen LogP contribution in [0, 0.1) is 11.7 Å². The predicted octanol–water partition coefficient (Wildman–Crippen LogP) is 6.79. The molecule has 1 fully saturated rings. The lowest BCUT2D eigenvalue weighted by atomic mass is 9.84. The molecule has 2 heterocycles. The lowest BCUT2D eigenvalue weighted by molar-refractivity contribution is -0.122. The van der Waals surface area contributed by atoms with Gasteiger partial charge in [0, 0.05) is 41.6 Å². The van der Waals surface area contributed by atoms with Crippen LogP contribution in [-0.2, 0) is 17.9 Å². The van der Waals surface area contributed by atoms with Crippen LogP contribution in [0.4, 0.5) is 16.2 Å². The van der Waals surface area contributed by atoms with Crippen molar-refractivity contribution in [2.45, 2.75) is 57.7 Å². The van der Waals surface area contributed by atoms with Gasteiger partial charge in [-0.2, -0.15) is 9.97 Å². The molecule has 8 nitrogen and oxygen atoms in total. The second-order valence-electron chi connectivity index (χ2n) is 10.3. The third kappa shape index (κ3) is 8.17. The number of halogens is 3. The number of rotatable bonds is 11. The van der Waals surface area contributed by atoms with E-state index >= 15 is 0 Å². The van der Waals surface area contributed by atoms with Crippen molar-refractivity contribution in [3.63, 3.8) is 0 Å². The molecule has 1 aliphatic carbocycles. The molecule has 0 saturated heterocycles. The van der Waals surface area contributed by atoms with Gasteiger partial charge in [0.1, 0.15) is 29.8 Å². The van der Waals surface area contributed by atoms with Gasteiger partial charge in [-0.05, 0) is 47.7 Å². The number of carbonyl (C=O) groups is 1. The van der Waals surface area contributed by atoms with Gasteiger partial charge in [-0.3, -0.25) is 9.36 Å². The molecule has 1 amide bonds. The van der Waals surface area contributed by atoms with Crippen molar-refractivity contribution in [3.05, 3.63) is 94.2 Å². The van der Waals surface area contributed by atoms with Crippen molar-refractivity contribution in [1.29, 1.82) is 0 Å². The molecule has 214 valence electrons. The maximum absolute atomic E-state index is 13.7. The van der Waals surface area contributed by atoms with Crippen LogP contribution in [0.5, 0.6) is 0 Å². The molecule has 5 rings (SSSR count). The number of nitrogens with one attached hydrogen (secondary N) is 3. The van der Waals surface area contributed by atoms with E-state index in [1.54, 1.807) is 47.6 Å². The average Bonchev–Trinajstić information content (AvgIpc) is 3.51. The van der Waals surface area contributed by atoms with Gasteiger partial charge in [-0.25, -0.2) is 9.37 Å². The maximum atomic E-state index is 13.7. The summed E-state index contributed by atoms with van der Waals surface area (Å²) in [5.41, 5.74) is 1.54.